The summed E-state index contributed by atoms with van der Waals surface area (Å²) < 4.78 is 5.58. The van der Waals surface area contributed by atoms with E-state index in [1.165, 1.54) is 17.6 Å². The van der Waals surface area contributed by atoms with Gasteiger partial charge in [-0.3, -0.25) is 9.59 Å². The monoisotopic (exact) mass is 615 g/mol. The van der Waals surface area contributed by atoms with Crippen molar-refractivity contribution in [2.24, 2.45) is 5.10 Å². The summed E-state index contributed by atoms with van der Waals surface area (Å²) in [5.41, 5.74) is 6.74. The number of anilines is 3. The van der Waals surface area contributed by atoms with Gasteiger partial charge in [-0.25, -0.2) is 10.4 Å². The first kappa shape index (κ1) is 28.8. The highest BCUT2D eigenvalue weighted by Gasteiger charge is 2.09. The molecule has 0 aliphatic heterocycles. The minimum absolute atomic E-state index is 0.195. The molecule has 8 nitrogen and oxygen atoms in total. The molecule has 42 heavy (non-hydrogen) atoms. The summed E-state index contributed by atoms with van der Waals surface area (Å²) in [5.74, 6) is -0.223. The summed E-state index contributed by atoms with van der Waals surface area (Å²) >= 11 is 13.5. The number of carbonyl (C=O) groups is 2. The number of amides is 2. The largest absolute Gasteiger partial charge is 0.484 e. The number of hydrogen-bond donors (Lipinski definition) is 3. The van der Waals surface area contributed by atoms with Crippen LogP contribution in [0, 0.1) is 0 Å². The number of nitrogens with zero attached hydrogens (tertiary/aromatic N) is 2. The van der Waals surface area contributed by atoms with E-state index in [0.29, 0.717) is 32.6 Å². The molecule has 0 bridgehead atoms. The molecule has 5 rings (SSSR count). The second-order valence-electron chi connectivity index (χ2n) is 8.84. The van der Waals surface area contributed by atoms with E-state index in [4.69, 9.17) is 27.9 Å². The predicted molar refractivity (Wildman–Crippen MR) is 169 cm³/mol. The lowest BCUT2D eigenvalue weighted by atomic mass is 10.1. The van der Waals surface area contributed by atoms with Gasteiger partial charge in [0.1, 0.15) is 5.75 Å². The first-order chi connectivity index (χ1) is 20.4. The van der Waals surface area contributed by atoms with E-state index in [1.807, 2.05) is 41.8 Å². The van der Waals surface area contributed by atoms with Gasteiger partial charge in [0.2, 0.25) is 0 Å². The first-order valence-corrected chi connectivity index (χ1v) is 14.3. The lowest BCUT2D eigenvalue weighted by Crippen LogP contribution is -2.20. The van der Waals surface area contributed by atoms with Crippen LogP contribution in [0.2, 0.25) is 10.0 Å². The zero-order valence-electron chi connectivity index (χ0n) is 21.9. The number of halogens is 2. The van der Waals surface area contributed by atoms with E-state index in [9.17, 15) is 9.59 Å². The van der Waals surface area contributed by atoms with Gasteiger partial charge < -0.3 is 15.4 Å². The molecule has 0 aliphatic carbocycles. The summed E-state index contributed by atoms with van der Waals surface area (Å²) in [7, 11) is 0. The van der Waals surface area contributed by atoms with Crippen molar-refractivity contribution in [3.05, 3.63) is 124 Å². The van der Waals surface area contributed by atoms with Crippen molar-refractivity contribution in [1.29, 1.82) is 0 Å². The Morgan fingerprint density at radius 1 is 0.929 bits per heavy atom. The summed E-state index contributed by atoms with van der Waals surface area (Å²) in [6.45, 7) is -0.195. The molecule has 0 unspecified atom stereocenters. The maximum Gasteiger partial charge on any atom is 0.271 e. The topological polar surface area (TPSA) is 105 Å². The molecule has 0 radical (unpaired) electrons. The molecule has 5 aromatic rings. The van der Waals surface area contributed by atoms with Crippen LogP contribution in [0.5, 0.6) is 5.75 Å². The highest BCUT2D eigenvalue weighted by atomic mass is 35.5. The quantitative estimate of drug-likeness (QED) is 0.111. The fourth-order valence-electron chi connectivity index (χ4n) is 3.73. The maximum atomic E-state index is 12.6. The molecule has 0 aliphatic rings. The van der Waals surface area contributed by atoms with E-state index >= 15 is 0 Å². The van der Waals surface area contributed by atoms with Crippen molar-refractivity contribution < 1.29 is 14.3 Å². The van der Waals surface area contributed by atoms with Gasteiger partial charge >= 0.3 is 0 Å². The van der Waals surface area contributed by atoms with E-state index in [1.54, 1.807) is 60.7 Å². The second-order valence-corrected chi connectivity index (χ2v) is 10.5. The fourth-order valence-corrected chi connectivity index (χ4v) is 4.77. The van der Waals surface area contributed by atoms with Gasteiger partial charge in [-0.2, -0.15) is 5.10 Å². The van der Waals surface area contributed by atoms with Crippen molar-refractivity contribution in [2.45, 2.75) is 0 Å². The SMILES string of the molecule is O=C(COc1cccc(/C=N\NC(=O)c2ccc(-c3csc(Nc4ccc(Cl)cc4)n3)cc2)c1)Nc1ccccc1Cl. The summed E-state index contributed by atoms with van der Waals surface area (Å²) in [6.07, 6.45) is 1.49. The van der Waals surface area contributed by atoms with E-state index in [-0.39, 0.29) is 18.4 Å². The maximum absolute atomic E-state index is 12.6. The van der Waals surface area contributed by atoms with Crippen molar-refractivity contribution in [3.8, 4) is 17.0 Å². The molecule has 11 heteroatoms. The van der Waals surface area contributed by atoms with Crippen molar-refractivity contribution >= 4 is 69.1 Å². The smallest absolute Gasteiger partial charge is 0.271 e. The van der Waals surface area contributed by atoms with E-state index in [2.05, 4.69) is 26.1 Å². The van der Waals surface area contributed by atoms with Crippen molar-refractivity contribution in [1.82, 2.24) is 10.4 Å². The Morgan fingerprint density at radius 3 is 2.50 bits per heavy atom. The highest BCUT2D eigenvalue weighted by molar-refractivity contribution is 7.14. The van der Waals surface area contributed by atoms with Gasteiger partial charge in [0, 0.05) is 27.2 Å². The molecular weight excluding hydrogens is 593 g/mol. The van der Waals surface area contributed by atoms with Gasteiger partial charge in [-0.1, -0.05) is 59.6 Å². The Morgan fingerprint density at radius 2 is 1.71 bits per heavy atom. The third-order valence-electron chi connectivity index (χ3n) is 5.80. The van der Waals surface area contributed by atoms with Crippen LogP contribution in [0.1, 0.15) is 15.9 Å². The van der Waals surface area contributed by atoms with Crippen LogP contribution in [0.3, 0.4) is 0 Å². The number of rotatable bonds is 10. The summed E-state index contributed by atoms with van der Waals surface area (Å²) in [4.78, 5) is 29.4. The van der Waals surface area contributed by atoms with Crippen LogP contribution in [-0.2, 0) is 4.79 Å². The second kappa shape index (κ2) is 13.8. The molecule has 0 atom stereocenters. The van der Waals surface area contributed by atoms with E-state index < -0.39 is 0 Å². The Hall–Kier alpha value is -4.70. The van der Waals surface area contributed by atoms with Gasteiger partial charge in [0.05, 0.1) is 22.6 Å². The minimum atomic E-state index is -0.357. The van der Waals surface area contributed by atoms with E-state index in [0.717, 1.165) is 22.1 Å². The number of para-hydroxylation sites is 1. The third kappa shape index (κ3) is 7.94. The average Bonchev–Trinajstić information content (AvgIpc) is 3.47. The predicted octanol–water partition coefficient (Wildman–Crippen LogP) is 7.64. The molecule has 3 N–H and O–H groups in total. The van der Waals surface area contributed by atoms with Crippen LogP contribution in [0.15, 0.2) is 108 Å². The third-order valence-corrected chi connectivity index (χ3v) is 7.14. The van der Waals surface area contributed by atoms with Crippen LogP contribution < -0.4 is 20.8 Å². The molecular formula is C31H23Cl2N5O3S. The molecule has 1 heterocycles. The Labute approximate surface area is 256 Å². The molecule has 0 saturated heterocycles. The number of hydrazone groups is 1. The van der Waals surface area contributed by atoms with Crippen LogP contribution >= 0.6 is 34.5 Å². The Balaban J connectivity index is 1.11. The van der Waals surface area contributed by atoms with Crippen molar-refractivity contribution in [3.63, 3.8) is 0 Å². The molecule has 0 spiro atoms. The number of hydrogen-bond acceptors (Lipinski definition) is 7. The zero-order valence-corrected chi connectivity index (χ0v) is 24.2. The highest BCUT2D eigenvalue weighted by Crippen LogP contribution is 2.28. The number of benzene rings is 4. The van der Waals surface area contributed by atoms with Crippen molar-refractivity contribution in [2.75, 3.05) is 17.2 Å². The zero-order chi connectivity index (χ0) is 29.3. The van der Waals surface area contributed by atoms with Crippen LogP contribution in [0.4, 0.5) is 16.5 Å². The minimum Gasteiger partial charge on any atom is -0.484 e. The molecule has 1 aromatic heterocycles. The number of aromatic nitrogens is 1. The van der Waals surface area contributed by atoms with Gasteiger partial charge in [-0.15, -0.1) is 11.3 Å². The Bertz CT molecular complexity index is 1720. The standard InChI is InChI=1S/C31H23Cl2N5O3S/c32-23-12-14-24(15-13-23)35-31-37-28(19-42-31)21-8-10-22(11-9-21)30(40)38-34-17-20-4-3-5-25(16-20)41-18-29(39)36-27-7-2-1-6-26(27)33/h1-17,19H,18H2,(H,35,37)(H,36,39)(H,38,40)/b34-17-. The van der Waals surface area contributed by atoms with Gasteiger partial charge in [-0.05, 0) is 66.2 Å². The molecule has 2 amide bonds. The van der Waals surface area contributed by atoms with Gasteiger partial charge in [0.15, 0.2) is 11.7 Å². The lowest BCUT2D eigenvalue weighted by Gasteiger charge is -2.09. The van der Waals surface area contributed by atoms with Gasteiger partial charge in [0.25, 0.3) is 11.8 Å². The number of carbonyl (C=O) groups excluding carboxylic acids is 2. The average molecular weight is 617 g/mol. The normalized spacial score (nSPS) is 10.8. The number of nitrogens with one attached hydrogen (secondary N) is 3. The molecule has 0 fully saturated rings. The first-order valence-electron chi connectivity index (χ1n) is 12.6. The molecule has 0 saturated carbocycles. The fraction of sp³-hybridized carbons (Fsp3) is 0.0323. The Kier molecular flexibility index (Phi) is 9.45. The molecule has 4 aromatic carbocycles. The number of ether oxygens (including phenoxy) is 1. The van der Waals surface area contributed by atoms with Crippen LogP contribution in [0.25, 0.3) is 11.3 Å². The number of thiazole rings is 1. The summed E-state index contributed by atoms with van der Waals surface area (Å²) in [6, 6.07) is 28.4. The summed E-state index contributed by atoms with van der Waals surface area (Å²) in [5, 5.41) is 13.8. The lowest BCUT2D eigenvalue weighted by molar-refractivity contribution is -0.118. The van der Waals surface area contributed by atoms with Crippen LogP contribution in [-0.4, -0.2) is 29.6 Å². The molecule has 210 valence electrons.